The summed E-state index contributed by atoms with van der Waals surface area (Å²) in [6, 6.07) is 11.4. The van der Waals surface area contributed by atoms with Crippen LogP contribution in [0.4, 0.5) is 0 Å². The first-order chi connectivity index (χ1) is 10.9. The van der Waals surface area contributed by atoms with Crippen molar-refractivity contribution in [3.05, 3.63) is 46.8 Å². The third-order valence-electron chi connectivity index (χ3n) is 3.10. The molecule has 5 heteroatoms. The topological polar surface area (TPSA) is 58.2 Å². The second-order valence-electron chi connectivity index (χ2n) is 6.00. The highest BCUT2D eigenvalue weighted by Gasteiger charge is 2.12. The predicted octanol–water partition coefficient (Wildman–Crippen LogP) is 3.69. The lowest BCUT2D eigenvalue weighted by Crippen LogP contribution is -2.29. The van der Waals surface area contributed by atoms with Gasteiger partial charge in [0, 0.05) is 22.5 Å². The molecule has 4 nitrogen and oxygen atoms in total. The Bertz CT molecular complexity index is 687. The zero-order chi connectivity index (χ0) is 17.0. The number of hydrogen-bond donors (Lipinski definition) is 2. The van der Waals surface area contributed by atoms with Gasteiger partial charge in [-0.2, -0.15) is 0 Å². The number of benzene rings is 1. The molecule has 2 aromatic rings. The molecule has 1 aromatic carbocycles. The van der Waals surface area contributed by atoms with E-state index in [2.05, 4.69) is 10.6 Å². The quantitative estimate of drug-likeness (QED) is 0.878. The van der Waals surface area contributed by atoms with E-state index in [1.807, 2.05) is 52.0 Å². The van der Waals surface area contributed by atoms with Gasteiger partial charge >= 0.3 is 0 Å². The molecule has 0 fully saturated rings. The minimum Gasteiger partial charge on any atom is -0.350 e. The van der Waals surface area contributed by atoms with Crippen LogP contribution in [0.1, 0.15) is 47.7 Å². The predicted molar refractivity (Wildman–Crippen MR) is 95.0 cm³/mol. The lowest BCUT2D eigenvalue weighted by atomic mass is 10.1. The Kier molecular flexibility index (Phi) is 5.55. The molecule has 23 heavy (non-hydrogen) atoms. The SMILES string of the molecule is CC(C)NC(=O)c1ccc(-c2ccc(C(=O)NC(C)C)s2)cc1. The monoisotopic (exact) mass is 330 g/mol. The van der Waals surface area contributed by atoms with E-state index in [0.29, 0.717) is 10.4 Å². The second-order valence-corrected chi connectivity index (χ2v) is 7.08. The van der Waals surface area contributed by atoms with Crippen molar-refractivity contribution in [1.82, 2.24) is 10.6 Å². The largest absolute Gasteiger partial charge is 0.350 e. The van der Waals surface area contributed by atoms with E-state index < -0.39 is 0 Å². The number of carbonyl (C=O) groups excluding carboxylic acids is 2. The van der Waals surface area contributed by atoms with Crippen molar-refractivity contribution in [2.75, 3.05) is 0 Å². The van der Waals surface area contributed by atoms with Crippen LogP contribution < -0.4 is 10.6 Å². The first kappa shape index (κ1) is 17.2. The average molecular weight is 330 g/mol. The van der Waals surface area contributed by atoms with E-state index in [0.717, 1.165) is 10.4 Å². The number of amides is 2. The van der Waals surface area contributed by atoms with Crippen LogP contribution in [-0.2, 0) is 0 Å². The van der Waals surface area contributed by atoms with Gasteiger partial charge in [-0.15, -0.1) is 11.3 Å². The molecular weight excluding hydrogens is 308 g/mol. The summed E-state index contributed by atoms with van der Waals surface area (Å²) >= 11 is 1.45. The lowest BCUT2D eigenvalue weighted by molar-refractivity contribution is 0.0936. The zero-order valence-electron chi connectivity index (χ0n) is 13.8. The molecule has 0 unspecified atom stereocenters. The fourth-order valence-electron chi connectivity index (χ4n) is 2.08. The van der Waals surface area contributed by atoms with Crippen molar-refractivity contribution >= 4 is 23.2 Å². The molecule has 0 aliphatic rings. The summed E-state index contributed by atoms with van der Waals surface area (Å²) in [5.74, 6) is -0.126. The summed E-state index contributed by atoms with van der Waals surface area (Å²) in [5.41, 5.74) is 1.64. The molecule has 0 radical (unpaired) electrons. The van der Waals surface area contributed by atoms with Crippen LogP contribution in [0.2, 0.25) is 0 Å². The summed E-state index contributed by atoms with van der Waals surface area (Å²) in [7, 11) is 0. The molecule has 2 amide bonds. The average Bonchev–Trinajstić information content (AvgIpc) is 2.96. The second kappa shape index (κ2) is 7.42. The van der Waals surface area contributed by atoms with Crippen LogP contribution in [0.15, 0.2) is 36.4 Å². The normalized spacial score (nSPS) is 10.9. The molecule has 1 heterocycles. The number of nitrogens with one attached hydrogen (secondary N) is 2. The van der Waals surface area contributed by atoms with Gasteiger partial charge in [-0.05, 0) is 57.5 Å². The van der Waals surface area contributed by atoms with Gasteiger partial charge in [0.1, 0.15) is 0 Å². The molecule has 0 saturated carbocycles. The van der Waals surface area contributed by atoms with Crippen LogP contribution in [0.3, 0.4) is 0 Å². The number of thiophene rings is 1. The Hall–Kier alpha value is -2.14. The highest BCUT2D eigenvalue weighted by molar-refractivity contribution is 7.17. The fraction of sp³-hybridized carbons (Fsp3) is 0.333. The van der Waals surface area contributed by atoms with Gasteiger partial charge in [-0.1, -0.05) is 12.1 Å². The summed E-state index contributed by atoms with van der Waals surface area (Å²) in [4.78, 5) is 25.6. The first-order valence-corrected chi connectivity index (χ1v) is 8.50. The highest BCUT2D eigenvalue weighted by atomic mass is 32.1. The highest BCUT2D eigenvalue weighted by Crippen LogP contribution is 2.28. The van der Waals surface area contributed by atoms with Crippen molar-refractivity contribution < 1.29 is 9.59 Å². The molecule has 1 aromatic heterocycles. The van der Waals surface area contributed by atoms with E-state index >= 15 is 0 Å². The summed E-state index contributed by atoms with van der Waals surface area (Å²) in [6.45, 7) is 7.74. The third kappa shape index (κ3) is 4.66. The lowest BCUT2D eigenvalue weighted by Gasteiger charge is -2.08. The van der Waals surface area contributed by atoms with Crippen molar-refractivity contribution in [1.29, 1.82) is 0 Å². The van der Waals surface area contributed by atoms with Crippen LogP contribution in [-0.4, -0.2) is 23.9 Å². The summed E-state index contributed by atoms with van der Waals surface area (Å²) in [6.07, 6.45) is 0. The van der Waals surface area contributed by atoms with Gasteiger partial charge < -0.3 is 10.6 Å². The molecule has 2 rings (SSSR count). The van der Waals surface area contributed by atoms with E-state index in [9.17, 15) is 9.59 Å². The van der Waals surface area contributed by atoms with Crippen LogP contribution in [0.5, 0.6) is 0 Å². The van der Waals surface area contributed by atoms with Crippen molar-refractivity contribution in [3.8, 4) is 10.4 Å². The molecule has 2 N–H and O–H groups in total. The fourth-order valence-corrected chi connectivity index (χ4v) is 2.99. The molecule has 0 bridgehead atoms. The molecule has 0 saturated heterocycles. The maximum atomic E-state index is 12.0. The Morgan fingerprint density at radius 3 is 1.96 bits per heavy atom. The molecular formula is C18H22N2O2S. The smallest absolute Gasteiger partial charge is 0.261 e. The minimum absolute atomic E-state index is 0.0517. The van der Waals surface area contributed by atoms with Crippen LogP contribution in [0.25, 0.3) is 10.4 Å². The summed E-state index contributed by atoms with van der Waals surface area (Å²) in [5, 5.41) is 5.75. The van der Waals surface area contributed by atoms with E-state index in [1.54, 1.807) is 12.1 Å². The number of carbonyl (C=O) groups is 2. The molecule has 122 valence electrons. The summed E-state index contributed by atoms with van der Waals surface area (Å²) < 4.78 is 0. The Morgan fingerprint density at radius 1 is 0.826 bits per heavy atom. The van der Waals surface area contributed by atoms with Gasteiger partial charge in [0.15, 0.2) is 0 Å². The van der Waals surface area contributed by atoms with Gasteiger partial charge in [-0.3, -0.25) is 9.59 Å². The standard InChI is InChI=1S/C18H22N2O2S/c1-11(2)19-17(21)14-7-5-13(6-8-14)15-9-10-16(23-15)18(22)20-12(3)4/h5-12H,1-4H3,(H,19,21)(H,20,22). The molecule has 0 atom stereocenters. The van der Waals surface area contributed by atoms with E-state index in [4.69, 9.17) is 0 Å². The Labute approximate surface area is 140 Å². The molecule has 0 spiro atoms. The van der Waals surface area contributed by atoms with Crippen molar-refractivity contribution in [3.63, 3.8) is 0 Å². The van der Waals surface area contributed by atoms with E-state index in [-0.39, 0.29) is 23.9 Å². The molecule has 0 aliphatic heterocycles. The maximum absolute atomic E-state index is 12.0. The number of rotatable bonds is 5. The van der Waals surface area contributed by atoms with Crippen molar-refractivity contribution in [2.45, 2.75) is 39.8 Å². The molecule has 0 aliphatic carbocycles. The van der Waals surface area contributed by atoms with Crippen molar-refractivity contribution in [2.24, 2.45) is 0 Å². The minimum atomic E-state index is -0.0743. The zero-order valence-corrected chi connectivity index (χ0v) is 14.7. The van der Waals surface area contributed by atoms with Gasteiger partial charge in [0.05, 0.1) is 4.88 Å². The van der Waals surface area contributed by atoms with Crippen LogP contribution in [0, 0.1) is 0 Å². The third-order valence-corrected chi connectivity index (χ3v) is 4.23. The first-order valence-electron chi connectivity index (χ1n) is 7.69. The van der Waals surface area contributed by atoms with Crippen LogP contribution >= 0.6 is 11.3 Å². The van der Waals surface area contributed by atoms with E-state index in [1.165, 1.54) is 11.3 Å². The van der Waals surface area contributed by atoms with Gasteiger partial charge in [0.25, 0.3) is 11.8 Å². The Balaban J connectivity index is 2.12. The Morgan fingerprint density at radius 2 is 1.39 bits per heavy atom. The van der Waals surface area contributed by atoms with Gasteiger partial charge in [0.2, 0.25) is 0 Å². The maximum Gasteiger partial charge on any atom is 0.261 e. The number of hydrogen-bond acceptors (Lipinski definition) is 3. The van der Waals surface area contributed by atoms with Gasteiger partial charge in [-0.25, -0.2) is 0 Å².